The maximum Gasteiger partial charge on any atom is 0.271 e. The van der Waals surface area contributed by atoms with Crippen molar-refractivity contribution in [1.29, 1.82) is 0 Å². The molecule has 0 aliphatic heterocycles. The predicted octanol–water partition coefficient (Wildman–Crippen LogP) is 0.0858. The Morgan fingerprint density at radius 2 is 2.32 bits per heavy atom. The summed E-state index contributed by atoms with van der Waals surface area (Å²) in [5.74, 6) is 0.152. The number of amides is 1. The van der Waals surface area contributed by atoms with E-state index in [-0.39, 0.29) is 12.5 Å². The van der Waals surface area contributed by atoms with E-state index in [1.165, 1.54) is 0 Å². The molecule has 1 amide bonds. The number of H-pyrrole nitrogens is 1. The van der Waals surface area contributed by atoms with E-state index in [1.54, 1.807) is 6.20 Å². The van der Waals surface area contributed by atoms with E-state index in [1.807, 2.05) is 29.7 Å². The van der Waals surface area contributed by atoms with E-state index in [0.29, 0.717) is 11.5 Å². The van der Waals surface area contributed by atoms with Gasteiger partial charge in [-0.1, -0.05) is 11.3 Å². The number of imidazole rings is 1. The molecule has 0 saturated heterocycles. The first-order valence-corrected chi connectivity index (χ1v) is 5.68. The van der Waals surface area contributed by atoms with Crippen LogP contribution in [0.1, 0.15) is 21.9 Å². The lowest BCUT2D eigenvalue weighted by molar-refractivity contribution is 0.0945. The van der Waals surface area contributed by atoms with Crippen LogP contribution < -0.4 is 5.32 Å². The van der Waals surface area contributed by atoms with Crippen molar-refractivity contribution in [2.45, 2.75) is 13.5 Å². The Morgan fingerprint density at radius 3 is 3.11 bits per heavy atom. The van der Waals surface area contributed by atoms with Crippen molar-refractivity contribution in [3.8, 4) is 0 Å². The summed E-state index contributed by atoms with van der Waals surface area (Å²) in [4.78, 5) is 16.2. The van der Waals surface area contributed by atoms with E-state index >= 15 is 0 Å². The van der Waals surface area contributed by atoms with E-state index in [2.05, 4.69) is 30.9 Å². The zero-order valence-electron chi connectivity index (χ0n) is 10.2. The fourth-order valence-corrected chi connectivity index (χ4v) is 1.72. The minimum Gasteiger partial charge on any atom is -0.343 e. The average Bonchev–Trinajstić information content (AvgIpc) is 3.04. The highest BCUT2D eigenvalue weighted by Gasteiger charge is 2.11. The number of carbonyl (C=O) groups is 1. The number of fused-ring (bicyclic) bond motifs is 1. The lowest BCUT2D eigenvalue weighted by atomic mass is 10.3. The number of aryl methyl sites for hydroxylation is 1. The molecule has 3 aromatic heterocycles. The standard InChI is InChI=1S/C11H11N7O/c1-7-2-3-10-13-8(6-18(10)5-7)11(19)12-4-9-14-16-17-15-9/h2-3,5-6H,4H2,1H3,(H,12,19)(H,14,15,16,17). The Kier molecular flexibility index (Phi) is 2.67. The fraction of sp³-hybridized carbons (Fsp3) is 0.182. The molecule has 3 rings (SSSR count). The Labute approximate surface area is 107 Å². The first-order chi connectivity index (χ1) is 9.22. The average molecular weight is 257 g/mol. The first kappa shape index (κ1) is 11.3. The number of hydrogen-bond acceptors (Lipinski definition) is 5. The van der Waals surface area contributed by atoms with Gasteiger partial charge in [0.15, 0.2) is 5.82 Å². The van der Waals surface area contributed by atoms with E-state index < -0.39 is 0 Å². The van der Waals surface area contributed by atoms with Gasteiger partial charge in [0.05, 0.1) is 6.54 Å². The van der Waals surface area contributed by atoms with Gasteiger partial charge in [0, 0.05) is 12.4 Å². The number of hydrogen-bond donors (Lipinski definition) is 2. The monoisotopic (exact) mass is 257 g/mol. The Balaban J connectivity index is 1.77. The van der Waals surface area contributed by atoms with Crippen LogP contribution in [0.5, 0.6) is 0 Å². The minimum atomic E-state index is -0.272. The second-order valence-electron chi connectivity index (χ2n) is 4.11. The van der Waals surface area contributed by atoms with Crippen molar-refractivity contribution in [2.75, 3.05) is 0 Å². The van der Waals surface area contributed by atoms with Gasteiger partial charge < -0.3 is 9.72 Å². The molecule has 0 radical (unpaired) electrons. The summed E-state index contributed by atoms with van der Waals surface area (Å²) in [5, 5.41) is 15.9. The third-order valence-corrected chi connectivity index (χ3v) is 2.63. The second-order valence-corrected chi connectivity index (χ2v) is 4.11. The molecule has 3 heterocycles. The van der Waals surface area contributed by atoms with Crippen LogP contribution in [0.15, 0.2) is 24.5 Å². The highest BCUT2D eigenvalue weighted by Crippen LogP contribution is 2.07. The van der Waals surface area contributed by atoms with E-state index in [4.69, 9.17) is 0 Å². The molecule has 0 bridgehead atoms. The summed E-state index contributed by atoms with van der Waals surface area (Å²) < 4.78 is 1.82. The largest absolute Gasteiger partial charge is 0.343 e. The number of tetrazole rings is 1. The van der Waals surface area contributed by atoms with Gasteiger partial charge in [0.25, 0.3) is 5.91 Å². The number of nitrogens with one attached hydrogen (secondary N) is 2. The summed E-state index contributed by atoms with van der Waals surface area (Å²) in [6.07, 6.45) is 3.60. The smallest absolute Gasteiger partial charge is 0.271 e. The van der Waals surface area contributed by atoms with Crippen molar-refractivity contribution in [3.05, 3.63) is 41.6 Å². The van der Waals surface area contributed by atoms with Gasteiger partial charge in [-0.2, -0.15) is 5.21 Å². The molecule has 0 aliphatic rings. The molecule has 3 aromatic rings. The van der Waals surface area contributed by atoms with Gasteiger partial charge in [-0.15, -0.1) is 10.2 Å². The molecule has 2 N–H and O–H groups in total. The van der Waals surface area contributed by atoms with Gasteiger partial charge in [0.1, 0.15) is 11.3 Å². The SMILES string of the molecule is Cc1ccc2nc(C(=O)NCc3nn[nH]n3)cn2c1. The first-order valence-electron chi connectivity index (χ1n) is 5.68. The third kappa shape index (κ3) is 2.28. The molecule has 0 unspecified atom stereocenters. The number of nitrogens with zero attached hydrogens (tertiary/aromatic N) is 5. The maximum atomic E-state index is 11.9. The summed E-state index contributed by atoms with van der Waals surface area (Å²) in [6.45, 7) is 2.19. The van der Waals surface area contributed by atoms with Crippen LogP contribution in [0.2, 0.25) is 0 Å². The van der Waals surface area contributed by atoms with Crippen molar-refractivity contribution >= 4 is 11.6 Å². The zero-order valence-corrected chi connectivity index (χ0v) is 10.2. The molecule has 8 nitrogen and oxygen atoms in total. The quantitative estimate of drug-likeness (QED) is 0.692. The zero-order chi connectivity index (χ0) is 13.2. The lowest BCUT2D eigenvalue weighted by Crippen LogP contribution is -2.23. The van der Waals surface area contributed by atoms with E-state index in [0.717, 1.165) is 11.2 Å². The highest BCUT2D eigenvalue weighted by atomic mass is 16.1. The minimum absolute atomic E-state index is 0.211. The maximum absolute atomic E-state index is 11.9. The molecular weight excluding hydrogens is 246 g/mol. The van der Waals surface area contributed by atoms with Crippen LogP contribution in [0, 0.1) is 6.92 Å². The highest BCUT2D eigenvalue weighted by molar-refractivity contribution is 5.92. The molecule has 0 fully saturated rings. The normalized spacial score (nSPS) is 10.8. The number of rotatable bonds is 3. The Morgan fingerprint density at radius 1 is 1.42 bits per heavy atom. The van der Waals surface area contributed by atoms with Crippen LogP contribution in [0.4, 0.5) is 0 Å². The van der Waals surface area contributed by atoms with Crippen LogP contribution in [0.3, 0.4) is 0 Å². The van der Waals surface area contributed by atoms with Crippen molar-refractivity contribution in [2.24, 2.45) is 0 Å². The van der Waals surface area contributed by atoms with Gasteiger partial charge >= 0.3 is 0 Å². The van der Waals surface area contributed by atoms with Crippen molar-refractivity contribution < 1.29 is 4.79 Å². The van der Waals surface area contributed by atoms with Crippen LogP contribution >= 0.6 is 0 Å². The Hall–Kier alpha value is -2.77. The number of carbonyl (C=O) groups excluding carboxylic acids is 1. The number of pyridine rings is 1. The van der Waals surface area contributed by atoms with Crippen LogP contribution in [0.25, 0.3) is 5.65 Å². The van der Waals surface area contributed by atoms with Crippen LogP contribution in [-0.2, 0) is 6.54 Å². The Bertz CT molecular complexity index is 716. The van der Waals surface area contributed by atoms with Crippen LogP contribution in [-0.4, -0.2) is 35.9 Å². The van der Waals surface area contributed by atoms with Crippen molar-refractivity contribution in [1.82, 2.24) is 35.3 Å². The lowest BCUT2D eigenvalue weighted by Gasteiger charge is -1.97. The van der Waals surface area contributed by atoms with Gasteiger partial charge in [-0.05, 0) is 18.6 Å². The third-order valence-electron chi connectivity index (χ3n) is 2.63. The summed E-state index contributed by atoms with van der Waals surface area (Å²) in [6, 6.07) is 3.81. The molecule has 0 atom stereocenters. The van der Waals surface area contributed by atoms with Gasteiger partial charge in [-0.3, -0.25) is 4.79 Å². The van der Waals surface area contributed by atoms with Gasteiger partial charge in [0.2, 0.25) is 0 Å². The predicted molar refractivity (Wildman–Crippen MR) is 65.3 cm³/mol. The topological polar surface area (TPSA) is 101 Å². The summed E-state index contributed by atoms with van der Waals surface area (Å²) >= 11 is 0. The molecule has 0 aromatic carbocycles. The van der Waals surface area contributed by atoms with Gasteiger partial charge in [-0.25, -0.2) is 4.98 Å². The number of aromatic nitrogens is 6. The molecule has 8 heteroatoms. The van der Waals surface area contributed by atoms with Crippen molar-refractivity contribution in [3.63, 3.8) is 0 Å². The molecule has 0 saturated carbocycles. The summed E-state index contributed by atoms with van der Waals surface area (Å²) in [7, 11) is 0. The molecule has 0 aliphatic carbocycles. The fourth-order valence-electron chi connectivity index (χ4n) is 1.72. The van der Waals surface area contributed by atoms with E-state index in [9.17, 15) is 4.79 Å². The molecule has 96 valence electrons. The molecular formula is C11H11N7O. The molecule has 0 spiro atoms. The second kappa shape index (κ2) is 4.48. The molecule has 19 heavy (non-hydrogen) atoms. The number of aromatic amines is 1. The summed E-state index contributed by atoms with van der Waals surface area (Å²) in [5.41, 5.74) is 2.19.